The highest BCUT2D eigenvalue weighted by Gasteiger charge is 2.15. The molecule has 0 aliphatic heterocycles. The normalized spacial score (nSPS) is 11.8. The summed E-state index contributed by atoms with van der Waals surface area (Å²) in [4.78, 5) is 4.74. The molecule has 0 aromatic heterocycles. The summed E-state index contributed by atoms with van der Waals surface area (Å²) < 4.78 is 21.6. The van der Waals surface area contributed by atoms with Gasteiger partial charge in [0.15, 0.2) is 17.5 Å². The lowest BCUT2D eigenvalue weighted by Crippen LogP contribution is -2.38. The number of methoxy groups -OCH3 is 4. The van der Waals surface area contributed by atoms with Gasteiger partial charge < -0.3 is 29.6 Å². The molecule has 2 rings (SSSR count). The summed E-state index contributed by atoms with van der Waals surface area (Å²) in [6.45, 7) is 6.54. The zero-order chi connectivity index (χ0) is 23.3. The van der Waals surface area contributed by atoms with Gasteiger partial charge in [-0.3, -0.25) is 4.99 Å². The molecular weight excluding hydrogens is 533 g/mol. The number of nitrogens with zero attached hydrogens (tertiary/aromatic N) is 1. The van der Waals surface area contributed by atoms with Crippen LogP contribution in [-0.4, -0.2) is 54.0 Å². The molecule has 0 radical (unpaired) electrons. The Hall–Kier alpha value is -2.36. The van der Waals surface area contributed by atoms with Gasteiger partial charge in [0.05, 0.1) is 28.4 Å². The van der Waals surface area contributed by atoms with Gasteiger partial charge >= 0.3 is 0 Å². The first-order chi connectivity index (χ1) is 15.6. The third-order valence-electron chi connectivity index (χ3n) is 5.33. The van der Waals surface area contributed by atoms with Crippen LogP contribution >= 0.6 is 24.0 Å². The van der Waals surface area contributed by atoms with Crippen molar-refractivity contribution in [3.8, 4) is 23.0 Å². The van der Waals surface area contributed by atoms with Crippen LogP contribution in [0.1, 0.15) is 37.3 Å². The predicted octanol–water partition coefficient (Wildman–Crippen LogP) is 4.63. The molecule has 0 aliphatic rings. The third kappa shape index (κ3) is 8.49. The molecule has 1 atom stereocenters. The number of aliphatic imine (C=N–C) groups is 1. The molecule has 7 nitrogen and oxygen atoms in total. The van der Waals surface area contributed by atoms with E-state index in [1.807, 2.05) is 24.3 Å². The van der Waals surface area contributed by atoms with E-state index in [9.17, 15) is 0 Å². The van der Waals surface area contributed by atoms with E-state index in [4.69, 9.17) is 23.9 Å². The van der Waals surface area contributed by atoms with Crippen molar-refractivity contribution >= 4 is 29.9 Å². The SMILES string of the molecule is CCNC(=NCCC(C)c1ccc(OC)cc1)NCCc1ccc(OC)c(OC)c1OC.I. The average Bonchev–Trinajstić information content (AvgIpc) is 2.83. The van der Waals surface area contributed by atoms with Crippen molar-refractivity contribution in [2.45, 2.75) is 32.6 Å². The molecule has 0 fully saturated rings. The van der Waals surface area contributed by atoms with Gasteiger partial charge in [-0.05, 0) is 49.4 Å². The molecule has 0 spiro atoms. The molecule has 184 valence electrons. The maximum absolute atomic E-state index is 5.58. The summed E-state index contributed by atoms with van der Waals surface area (Å²) in [6.07, 6.45) is 1.72. The van der Waals surface area contributed by atoms with Gasteiger partial charge in [-0.1, -0.05) is 25.1 Å². The van der Waals surface area contributed by atoms with Crippen molar-refractivity contribution in [1.82, 2.24) is 10.6 Å². The van der Waals surface area contributed by atoms with Gasteiger partial charge in [0.25, 0.3) is 0 Å². The maximum atomic E-state index is 5.58. The number of benzene rings is 2. The Morgan fingerprint density at radius 1 is 0.879 bits per heavy atom. The largest absolute Gasteiger partial charge is 0.497 e. The van der Waals surface area contributed by atoms with Crippen molar-refractivity contribution in [2.75, 3.05) is 48.1 Å². The number of hydrogen-bond donors (Lipinski definition) is 2. The van der Waals surface area contributed by atoms with E-state index in [2.05, 4.69) is 36.6 Å². The monoisotopic (exact) mass is 571 g/mol. The van der Waals surface area contributed by atoms with Crippen molar-refractivity contribution < 1.29 is 18.9 Å². The van der Waals surface area contributed by atoms with E-state index < -0.39 is 0 Å². The van der Waals surface area contributed by atoms with Crippen LogP contribution in [0.15, 0.2) is 41.4 Å². The molecule has 2 aromatic rings. The Bertz CT molecular complexity index is 859. The molecule has 8 heteroatoms. The Morgan fingerprint density at radius 3 is 2.15 bits per heavy atom. The lowest BCUT2D eigenvalue weighted by Gasteiger charge is -2.17. The van der Waals surface area contributed by atoms with Crippen LogP contribution in [0.3, 0.4) is 0 Å². The first-order valence-corrected chi connectivity index (χ1v) is 11.0. The molecule has 1 unspecified atom stereocenters. The van der Waals surface area contributed by atoms with Gasteiger partial charge in [-0.15, -0.1) is 24.0 Å². The van der Waals surface area contributed by atoms with E-state index in [1.54, 1.807) is 28.4 Å². The topological polar surface area (TPSA) is 73.3 Å². The minimum atomic E-state index is 0. The summed E-state index contributed by atoms with van der Waals surface area (Å²) >= 11 is 0. The summed E-state index contributed by atoms with van der Waals surface area (Å²) in [7, 11) is 6.56. The molecule has 33 heavy (non-hydrogen) atoms. The smallest absolute Gasteiger partial charge is 0.203 e. The minimum absolute atomic E-state index is 0. The highest BCUT2D eigenvalue weighted by atomic mass is 127. The second kappa shape index (κ2) is 15.5. The fraction of sp³-hybridized carbons (Fsp3) is 0.480. The van der Waals surface area contributed by atoms with Crippen LogP contribution in [0.5, 0.6) is 23.0 Å². The first-order valence-electron chi connectivity index (χ1n) is 11.0. The fourth-order valence-corrected chi connectivity index (χ4v) is 3.49. The summed E-state index contributed by atoms with van der Waals surface area (Å²) in [5.74, 6) is 4.08. The van der Waals surface area contributed by atoms with Crippen molar-refractivity contribution in [3.05, 3.63) is 47.5 Å². The van der Waals surface area contributed by atoms with Crippen LogP contribution in [0, 0.1) is 0 Å². The van der Waals surface area contributed by atoms with E-state index in [0.29, 0.717) is 29.7 Å². The van der Waals surface area contributed by atoms with Crippen molar-refractivity contribution in [2.24, 2.45) is 4.99 Å². The quantitative estimate of drug-likeness (QED) is 0.220. The Labute approximate surface area is 215 Å². The van der Waals surface area contributed by atoms with E-state index in [0.717, 1.165) is 43.2 Å². The standard InChI is InChI=1S/C25H37N3O4.HI/c1-7-26-25(27-16-14-18(2)19-8-11-21(29-3)12-9-19)28-17-15-20-10-13-22(30-4)24(32-6)23(20)31-5;/h8-13,18H,7,14-17H2,1-6H3,(H2,26,27,28);1H. The van der Waals surface area contributed by atoms with E-state index in [-0.39, 0.29) is 24.0 Å². The highest BCUT2D eigenvalue weighted by Crippen LogP contribution is 2.39. The van der Waals surface area contributed by atoms with Crippen molar-refractivity contribution in [1.29, 1.82) is 0 Å². The molecule has 0 bridgehead atoms. The molecule has 2 N–H and O–H groups in total. The van der Waals surface area contributed by atoms with Crippen molar-refractivity contribution in [3.63, 3.8) is 0 Å². The number of rotatable bonds is 12. The number of halogens is 1. The minimum Gasteiger partial charge on any atom is -0.497 e. The number of nitrogens with one attached hydrogen (secondary N) is 2. The lowest BCUT2D eigenvalue weighted by atomic mass is 9.98. The number of guanidine groups is 1. The summed E-state index contributed by atoms with van der Waals surface area (Å²) in [5, 5.41) is 6.72. The van der Waals surface area contributed by atoms with Crippen LogP contribution in [0.4, 0.5) is 0 Å². The number of hydrogen-bond acceptors (Lipinski definition) is 5. The molecule has 0 amide bonds. The average molecular weight is 572 g/mol. The first kappa shape index (κ1) is 28.7. The molecular formula is C25H38IN3O4. The van der Waals surface area contributed by atoms with Crippen LogP contribution in [-0.2, 0) is 6.42 Å². The predicted molar refractivity (Wildman–Crippen MR) is 145 cm³/mol. The van der Waals surface area contributed by atoms with Gasteiger partial charge in [0, 0.05) is 25.2 Å². The fourth-order valence-electron chi connectivity index (χ4n) is 3.49. The highest BCUT2D eigenvalue weighted by molar-refractivity contribution is 14.0. The second-order valence-electron chi connectivity index (χ2n) is 7.39. The Kier molecular flexibility index (Phi) is 13.4. The van der Waals surface area contributed by atoms with Crippen LogP contribution in [0.2, 0.25) is 0 Å². The van der Waals surface area contributed by atoms with Gasteiger partial charge in [-0.25, -0.2) is 0 Å². The Morgan fingerprint density at radius 2 is 1.58 bits per heavy atom. The molecule has 2 aromatic carbocycles. The van der Waals surface area contributed by atoms with Gasteiger partial charge in [0.1, 0.15) is 5.75 Å². The maximum Gasteiger partial charge on any atom is 0.203 e. The lowest BCUT2D eigenvalue weighted by molar-refractivity contribution is 0.322. The molecule has 0 aliphatic carbocycles. The molecule has 0 heterocycles. The third-order valence-corrected chi connectivity index (χ3v) is 5.33. The van der Waals surface area contributed by atoms with Gasteiger partial charge in [-0.2, -0.15) is 0 Å². The van der Waals surface area contributed by atoms with E-state index in [1.165, 1.54) is 5.56 Å². The van der Waals surface area contributed by atoms with E-state index >= 15 is 0 Å². The Balaban J connectivity index is 0.00000544. The zero-order valence-electron chi connectivity index (χ0n) is 20.6. The number of ether oxygens (including phenoxy) is 4. The summed E-state index contributed by atoms with van der Waals surface area (Å²) in [5.41, 5.74) is 2.33. The zero-order valence-corrected chi connectivity index (χ0v) is 22.9. The van der Waals surface area contributed by atoms with Crippen LogP contribution < -0.4 is 29.6 Å². The van der Waals surface area contributed by atoms with Gasteiger partial charge in [0.2, 0.25) is 5.75 Å². The molecule has 0 saturated carbocycles. The second-order valence-corrected chi connectivity index (χ2v) is 7.39. The molecule has 0 saturated heterocycles. The van der Waals surface area contributed by atoms with Crippen LogP contribution in [0.25, 0.3) is 0 Å². The summed E-state index contributed by atoms with van der Waals surface area (Å²) in [6, 6.07) is 12.1.